The summed E-state index contributed by atoms with van der Waals surface area (Å²) in [6.45, 7) is 0. The number of halogens is 6. The Labute approximate surface area is 553 Å². The van der Waals surface area contributed by atoms with E-state index in [1.165, 1.54) is 0 Å². The summed E-state index contributed by atoms with van der Waals surface area (Å²) in [5, 5.41) is 10.7. The minimum atomic E-state index is -5.25. The van der Waals surface area contributed by atoms with Gasteiger partial charge in [-0.05, 0) is 103 Å². The minimum absolute atomic E-state index is 0.101. The first-order chi connectivity index (χ1) is 48.0. The average molecular weight is 1280 g/mol. The molecule has 0 bridgehead atoms. The van der Waals surface area contributed by atoms with Gasteiger partial charge in [0.25, 0.3) is 0 Å². The Hall–Kier alpha value is -12.5. The maximum absolute atomic E-state index is 16.4. The van der Waals surface area contributed by atoms with E-state index in [4.69, 9.17) is 0 Å². The number of nitrogens with zero attached hydrogens (tertiary/aromatic N) is 6. The first-order valence-electron chi connectivity index (χ1n) is 32.5. The molecule has 12 heteroatoms. The first kappa shape index (κ1) is 55.9. The molecule has 0 aliphatic heterocycles. The van der Waals surface area contributed by atoms with E-state index in [0.29, 0.717) is 50.5 Å². The molecule has 0 fully saturated rings. The van der Waals surface area contributed by atoms with Crippen molar-refractivity contribution in [1.29, 1.82) is 0 Å². The molecule has 0 radical (unpaired) electrons. The maximum Gasteiger partial charge on any atom is 0.416 e. The molecule has 0 amide bonds. The van der Waals surface area contributed by atoms with Crippen LogP contribution in [0.3, 0.4) is 0 Å². The highest BCUT2D eigenvalue weighted by atomic mass is 19.4. The second-order valence-electron chi connectivity index (χ2n) is 25.3. The Morgan fingerprint density at radius 2 is 0.459 bits per heavy atom. The number of fused-ring (bicyclic) bond motifs is 19. The van der Waals surface area contributed by atoms with E-state index in [1.54, 1.807) is 0 Å². The Morgan fingerprint density at radius 1 is 0.204 bits per heavy atom. The quantitative estimate of drug-likeness (QED) is 0.142. The molecule has 0 unspecified atom stereocenters. The Kier molecular flexibility index (Phi) is 11.7. The predicted molar refractivity (Wildman–Crippen MR) is 388 cm³/mol. The lowest BCUT2D eigenvalue weighted by Gasteiger charge is -2.32. The molecule has 0 aliphatic carbocycles. The lowest BCUT2D eigenvalue weighted by molar-refractivity contribution is -0.143. The highest BCUT2D eigenvalue weighted by Gasteiger charge is 2.41. The monoisotopic (exact) mass is 1280 g/mol. The summed E-state index contributed by atoms with van der Waals surface area (Å²) < 4.78 is 112. The third-order valence-electron chi connectivity index (χ3n) is 20.2. The summed E-state index contributed by atoms with van der Waals surface area (Å²) in [5.74, 6) is 0. The second kappa shape index (κ2) is 20.5. The van der Waals surface area contributed by atoms with Crippen LogP contribution in [0.1, 0.15) is 11.1 Å². The van der Waals surface area contributed by atoms with Crippen molar-refractivity contribution < 1.29 is 26.3 Å². The van der Waals surface area contributed by atoms with Crippen molar-refractivity contribution in [2.45, 2.75) is 12.4 Å². The van der Waals surface area contributed by atoms with Crippen LogP contribution in [-0.2, 0) is 12.4 Å². The molecule has 98 heavy (non-hydrogen) atoms. The summed E-state index contributed by atoms with van der Waals surface area (Å²) in [6, 6.07) is 98.0. The van der Waals surface area contributed by atoms with Gasteiger partial charge in [0.05, 0.1) is 106 Å². The van der Waals surface area contributed by atoms with Gasteiger partial charge in [-0.1, -0.05) is 206 Å². The van der Waals surface area contributed by atoms with E-state index in [9.17, 15) is 0 Å². The lowest BCUT2D eigenvalue weighted by Crippen LogP contribution is -2.19. The van der Waals surface area contributed by atoms with E-state index in [-0.39, 0.29) is 17.2 Å². The average Bonchev–Trinajstić information content (AvgIpc) is 1.44. The van der Waals surface area contributed by atoms with Crippen molar-refractivity contribution in [3.63, 3.8) is 0 Å². The van der Waals surface area contributed by atoms with E-state index in [1.807, 2.05) is 170 Å². The molecule has 6 nitrogen and oxygen atoms in total. The molecule has 0 aliphatic rings. The highest BCUT2D eigenvalue weighted by molar-refractivity contribution is 6.27. The van der Waals surface area contributed by atoms with Gasteiger partial charge in [-0.2, -0.15) is 26.3 Å². The number of para-hydroxylation sites is 11. The van der Waals surface area contributed by atoms with Crippen LogP contribution in [0, 0.1) is 0 Å². The fourth-order valence-electron chi connectivity index (χ4n) is 16.4. The van der Waals surface area contributed by atoms with Crippen LogP contribution in [0.5, 0.6) is 0 Å². The second-order valence-corrected chi connectivity index (χ2v) is 25.3. The van der Waals surface area contributed by atoms with E-state index in [0.717, 1.165) is 127 Å². The molecule has 0 spiro atoms. The van der Waals surface area contributed by atoms with Crippen LogP contribution in [0.4, 0.5) is 26.3 Å². The van der Waals surface area contributed by atoms with Crippen molar-refractivity contribution in [3.05, 3.63) is 314 Å². The summed E-state index contributed by atoms with van der Waals surface area (Å²) in [7, 11) is 0. The van der Waals surface area contributed by atoms with Crippen molar-refractivity contribution in [3.8, 4) is 45.3 Å². The predicted octanol–water partition coefficient (Wildman–Crippen LogP) is 24.0. The van der Waals surface area contributed by atoms with E-state index >= 15 is 26.3 Å². The van der Waals surface area contributed by atoms with Gasteiger partial charge < -0.3 is 27.4 Å². The smallest absolute Gasteiger partial charge is 0.309 e. The van der Waals surface area contributed by atoms with E-state index in [2.05, 4.69) is 143 Å². The minimum Gasteiger partial charge on any atom is -0.309 e. The fourth-order valence-corrected chi connectivity index (χ4v) is 16.4. The topological polar surface area (TPSA) is 29.6 Å². The molecule has 20 rings (SSSR count). The van der Waals surface area contributed by atoms with Gasteiger partial charge >= 0.3 is 12.4 Å². The standard InChI is InChI=1S/C86H50F6N6/c87-85(88,89)52-48-51(49-53(50-52)86(90,91)92)77-80(94-67-37-15-4-26-55(67)56-27-5-16-38-68(56)94)82(96-71-41-19-8-30-59(71)60-31-9-20-42-72(60)96)84(98-75-45-23-13-35-65(75)78-76(98)47-46-64-63-34-12-14-36-66(63)93(79(64)78)54-24-2-1-3-25-54)83(97-73-43-21-10-32-61(73)62-33-11-22-44-74(62)97)81(77)95-69-39-17-6-28-57(69)58-29-7-18-40-70(58)95/h1-50H. The van der Waals surface area contributed by atoms with Crippen molar-refractivity contribution >= 4 is 131 Å². The van der Waals surface area contributed by atoms with Gasteiger partial charge in [0, 0.05) is 75.9 Å². The van der Waals surface area contributed by atoms with Gasteiger partial charge in [-0.15, -0.1) is 0 Å². The van der Waals surface area contributed by atoms with Crippen LogP contribution < -0.4 is 0 Å². The van der Waals surface area contributed by atoms with Crippen LogP contribution in [0.25, 0.3) is 176 Å². The SMILES string of the molecule is FC(F)(F)c1cc(-c2c(-n3c4ccccc4c4ccccc43)c(-n3c4ccccc4c4ccccc43)c(-n3c4ccccc4c4c3ccc3c5ccccc5n(-c5ccccc5)c34)c(-n3c4ccccc4c4ccccc43)c2-n2c3ccccc3c3ccccc32)cc(C(F)(F)F)c1. The van der Waals surface area contributed by atoms with Crippen molar-refractivity contribution in [2.24, 2.45) is 0 Å². The molecule has 0 N–H and O–H groups in total. The number of rotatable bonds is 7. The molecule has 466 valence electrons. The molecule has 6 heterocycles. The van der Waals surface area contributed by atoms with Gasteiger partial charge in [-0.25, -0.2) is 0 Å². The molecule has 0 atom stereocenters. The normalized spacial score (nSPS) is 12.6. The zero-order valence-electron chi connectivity index (χ0n) is 51.8. The Morgan fingerprint density at radius 3 is 0.796 bits per heavy atom. The molecular formula is C86H50F6N6. The fraction of sp³-hybridized carbons (Fsp3) is 0.0233. The molecule has 0 saturated heterocycles. The number of benzene rings is 14. The maximum atomic E-state index is 16.4. The Bertz CT molecular complexity index is 6290. The van der Waals surface area contributed by atoms with Gasteiger partial charge in [-0.3, -0.25) is 0 Å². The zero-order chi connectivity index (χ0) is 65.4. The molecule has 14 aromatic carbocycles. The largest absolute Gasteiger partial charge is 0.416 e. The summed E-state index contributed by atoms with van der Waals surface area (Å²) in [6.07, 6.45) is -10.5. The number of aromatic nitrogens is 6. The van der Waals surface area contributed by atoms with Gasteiger partial charge in [0.2, 0.25) is 0 Å². The lowest BCUT2D eigenvalue weighted by atomic mass is 9.92. The zero-order valence-corrected chi connectivity index (χ0v) is 51.8. The van der Waals surface area contributed by atoms with Gasteiger partial charge in [0.1, 0.15) is 0 Å². The van der Waals surface area contributed by atoms with Crippen molar-refractivity contribution in [2.75, 3.05) is 0 Å². The van der Waals surface area contributed by atoms with E-state index < -0.39 is 23.5 Å². The third-order valence-corrected chi connectivity index (χ3v) is 20.2. The number of hydrogen-bond donors (Lipinski definition) is 0. The third kappa shape index (κ3) is 7.76. The molecule has 0 saturated carbocycles. The summed E-state index contributed by atoms with van der Waals surface area (Å²) in [4.78, 5) is 0. The van der Waals surface area contributed by atoms with Crippen LogP contribution >= 0.6 is 0 Å². The molecule has 6 aromatic heterocycles. The van der Waals surface area contributed by atoms with Crippen molar-refractivity contribution in [1.82, 2.24) is 27.4 Å². The summed E-state index contributed by atoms with van der Waals surface area (Å²) >= 11 is 0. The number of hydrogen-bond acceptors (Lipinski definition) is 0. The number of alkyl halides is 6. The van der Waals surface area contributed by atoms with Crippen LogP contribution in [0.15, 0.2) is 303 Å². The highest BCUT2D eigenvalue weighted by Crippen LogP contribution is 2.56. The molecular weight excluding hydrogens is 1230 g/mol. The molecule has 20 aromatic rings. The first-order valence-corrected chi connectivity index (χ1v) is 32.5. The van der Waals surface area contributed by atoms with Crippen LogP contribution in [-0.4, -0.2) is 27.4 Å². The van der Waals surface area contributed by atoms with Crippen LogP contribution in [0.2, 0.25) is 0 Å². The summed E-state index contributed by atoms with van der Waals surface area (Å²) in [5.41, 5.74) is 9.17. The Balaban J connectivity index is 1.18. The van der Waals surface area contributed by atoms with Gasteiger partial charge in [0.15, 0.2) is 0 Å².